The van der Waals surface area contributed by atoms with Gasteiger partial charge in [-0.3, -0.25) is 9.59 Å². The van der Waals surface area contributed by atoms with E-state index in [1.807, 2.05) is 50.2 Å². The lowest BCUT2D eigenvalue weighted by atomic mass is 9.95. The Kier molecular flexibility index (Phi) is 7.28. The Morgan fingerprint density at radius 3 is 2.41 bits per heavy atom. The van der Waals surface area contributed by atoms with Crippen molar-refractivity contribution < 1.29 is 14.3 Å². The first-order valence-electron chi connectivity index (χ1n) is 10.5. The van der Waals surface area contributed by atoms with Crippen LogP contribution in [0.15, 0.2) is 48.5 Å². The fourth-order valence-corrected chi connectivity index (χ4v) is 3.62. The van der Waals surface area contributed by atoms with Crippen LogP contribution >= 0.6 is 0 Å². The monoisotopic (exact) mass is 394 g/mol. The van der Waals surface area contributed by atoms with Crippen molar-refractivity contribution >= 4 is 17.5 Å². The highest BCUT2D eigenvalue weighted by molar-refractivity contribution is 6.04. The molecule has 1 saturated carbocycles. The number of carbonyl (C=O) groups excluding carboxylic acids is 2. The number of benzene rings is 2. The molecule has 0 heterocycles. The van der Waals surface area contributed by atoms with Gasteiger partial charge in [-0.1, -0.05) is 56.0 Å². The molecule has 0 saturated heterocycles. The van der Waals surface area contributed by atoms with Gasteiger partial charge >= 0.3 is 0 Å². The SMILES string of the molecule is CC[C@@H](Oc1ccc(C)cc1)C(=O)Nc1ccccc1C(=O)NC1CCCCC1. The summed E-state index contributed by atoms with van der Waals surface area (Å²) in [6.45, 7) is 3.91. The summed E-state index contributed by atoms with van der Waals surface area (Å²) in [4.78, 5) is 25.6. The number of ether oxygens (including phenoxy) is 1. The van der Waals surface area contributed by atoms with Crippen LogP contribution in [-0.4, -0.2) is 24.0 Å². The van der Waals surface area contributed by atoms with Crippen molar-refractivity contribution in [1.29, 1.82) is 0 Å². The van der Waals surface area contributed by atoms with Crippen molar-refractivity contribution in [2.24, 2.45) is 0 Å². The van der Waals surface area contributed by atoms with Crippen molar-refractivity contribution in [1.82, 2.24) is 5.32 Å². The molecule has 0 unspecified atom stereocenters. The zero-order chi connectivity index (χ0) is 20.6. The molecule has 2 aromatic rings. The Morgan fingerprint density at radius 1 is 1.03 bits per heavy atom. The molecule has 0 bridgehead atoms. The molecule has 3 rings (SSSR count). The molecule has 1 aliphatic rings. The fourth-order valence-electron chi connectivity index (χ4n) is 3.62. The first kappa shape index (κ1) is 20.9. The molecule has 0 radical (unpaired) electrons. The molecule has 0 spiro atoms. The Balaban J connectivity index is 1.67. The van der Waals surface area contributed by atoms with Gasteiger partial charge in [-0.15, -0.1) is 0 Å². The van der Waals surface area contributed by atoms with Crippen LogP contribution in [0.2, 0.25) is 0 Å². The summed E-state index contributed by atoms with van der Waals surface area (Å²) in [6.07, 6.45) is 5.46. The topological polar surface area (TPSA) is 67.4 Å². The van der Waals surface area contributed by atoms with E-state index in [4.69, 9.17) is 4.74 Å². The third-order valence-corrected chi connectivity index (χ3v) is 5.33. The Hall–Kier alpha value is -2.82. The van der Waals surface area contributed by atoms with Crippen LogP contribution in [0.1, 0.15) is 61.4 Å². The molecule has 2 aromatic carbocycles. The molecule has 1 aliphatic carbocycles. The van der Waals surface area contributed by atoms with E-state index in [1.54, 1.807) is 12.1 Å². The van der Waals surface area contributed by atoms with Crippen molar-refractivity contribution in [2.45, 2.75) is 64.5 Å². The first-order valence-corrected chi connectivity index (χ1v) is 10.5. The van der Waals surface area contributed by atoms with Gasteiger partial charge in [0.2, 0.25) is 0 Å². The number of carbonyl (C=O) groups is 2. The van der Waals surface area contributed by atoms with Gasteiger partial charge in [0.1, 0.15) is 5.75 Å². The number of anilines is 1. The van der Waals surface area contributed by atoms with E-state index >= 15 is 0 Å². The predicted molar refractivity (Wildman–Crippen MR) is 115 cm³/mol. The number of aryl methyl sites for hydroxylation is 1. The average Bonchev–Trinajstić information content (AvgIpc) is 2.74. The van der Waals surface area contributed by atoms with E-state index in [1.165, 1.54) is 6.42 Å². The average molecular weight is 395 g/mol. The lowest BCUT2D eigenvalue weighted by Gasteiger charge is -2.23. The Labute approximate surface area is 172 Å². The maximum atomic E-state index is 12.8. The second-order valence-corrected chi connectivity index (χ2v) is 7.67. The van der Waals surface area contributed by atoms with Gasteiger partial charge in [-0.25, -0.2) is 0 Å². The summed E-state index contributed by atoms with van der Waals surface area (Å²) >= 11 is 0. The van der Waals surface area contributed by atoms with Crippen molar-refractivity contribution in [3.8, 4) is 5.75 Å². The van der Waals surface area contributed by atoms with E-state index in [-0.39, 0.29) is 17.9 Å². The molecule has 0 aromatic heterocycles. The van der Waals surface area contributed by atoms with Crippen LogP contribution in [0.25, 0.3) is 0 Å². The van der Waals surface area contributed by atoms with Crippen LogP contribution < -0.4 is 15.4 Å². The van der Waals surface area contributed by atoms with E-state index < -0.39 is 6.10 Å². The minimum absolute atomic E-state index is 0.139. The molecule has 29 heavy (non-hydrogen) atoms. The van der Waals surface area contributed by atoms with Crippen molar-refractivity contribution in [3.63, 3.8) is 0 Å². The largest absolute Gasteiger partial charge is 0.481 e. The number of rotatable bonds is 7. The van der Waals surface area contributed by atoms with Gasteiger partial charge in [0.05, 0.1) is 11.3 Å². The number of amides is 2. The summed E-state index contributed by atoms with van der Waals surface area (Å²) < 4.78 is 5.86. The molecule has 2 N–H and O–H groups in total. The Morgan fingerprint density at radius 2 is 1.72 bits per heavy atom. The third kappa shape index (κ3) is 5.83. The third-order valence-electron chi connectivity index (χ3n) is 5.33. The minimum atomic E-state index is -0.632. The molecule has 5 heteroatoms. The van der Waals surface area contributed by atoms with Gasteiger partial charge in [0.25, 0.3) is 11.8 Å². The van der Waals surface area contributed by atoms with E-state index in [0.29, 0.717) is 23.4 Å². The van der Waals surface area contributed by atoms with E-state index in [0.717, 1.165) is 31.2 Å². The smallest absolute Gasteiger partial charge is 0.265 e. The lowest BCUT2D eigenvalue weighted by molar-refractivity contribution is -0.122. The number of para-hydroxylation sites is 1. The summed E-state index contributed by atoms with van der Waals surface area (Å²) in [6, 6.07) is 15.0. The van der Waals surface area contributed by atoms with Crippen LogP contribution in [-0.2, 0) is 4.79 Å². The molecule has 5 nitrogen and oxygen atoms in total. The second-order valence-electron chi connectivity index (χ2n) is 7.67. The molecular weight excluding hydrogens is 364 g/mol. The van der Waals surface area contributed by atoms with E-state index in [9.17, 15) is 9.59 Å². The zero-order valence-corrected chi connectivity index (χ0v) is 17.2. The normalized spacial score (nSPS) is 15.4. The van der Waals surface area contributed by atoms with Crippen LogP contribution in [0.5, 0.6) is 5.75 Å². The highest BCUT2D eigenvalue weighted by Gasteiger charge is 2.22. The molecule has 1 fully saturated rings. The van der Waals surface area contributed by atoms with Crippen LogP contribution in [0, 0.1) is 6.92 Å². The maximum Gasteiger partial charge on any atom is 0.265 e. The van der Waals surface area contributed by atoms with Gasteiger partial charge in [0.15, 0.2) is 6.10 Å². The molecule has 1 atom stereocenters. The standard InChI is InChI=1S/C24H30N2O3/c1-3-22(29-19-15-13-17(2)14-16-19)24(28)26-21-12-8-7-11-20(21)23(27)25-18-9-5-4-6-10-18/h7-8,11-16,18,22H,3-6,9-10H2,1-2H3,(H,25,27)(H,26,28)/t22-/m1/s1. The minimum Gasteiger partial charge on any atom is -0.481 e. The highest BCUT2D eigenvalue weighted by Crippen LogP contribution is 2.21. The van der Waals surface area contributed by atoms with Gasteiger partial charge in [0, 0.05) is 6.04 Å². The van der Waals surface area contributed by atoms with E-state index in [2.05, 4.69) is 10.6 Å². The number of nitrogens with one attached hydrogen (secondary N) is 2. The molecular formula is C24H30N2O3. The van der Waals surface area contributed by atoms with Crippen LogP contribution in [0.3, 0.4) is 0 Å². The molecule has 0 aliphatic heterocycles. The van der Waals surface area contributed by atoms with Crippen molar-refractivity contribution in [2.75, 3.05) is 5.32 Å². The Bertz CT molecular complexity index is 826. The highest BCUT2D eigenvalue weighted by atomic mass is 16.5. The first-order chi connectivity index (χ1) is 14.1. The quantitative estimate of drug-likeness (QED) is 0.705. The maximum absolute atomic E-state index is 12.8. The summed E-state index contributed by atoms with van der Waals surface area (Å²) in [5, 5.41) is 6.00. The lowest BCUT2D eigenvalue weighted by Crippen LogP contribution is -2.37. The van der Waals surface area contributed by atoms with Gasteiger partial charge in [-0.05, 0) is 50.5 Å². The van der Waals surface area contributed by atoms with Crippen molar-refractivity contribution in [3.05, 3.63) is 59.7 Å². The predicted octanol–water partition coefficient (Wildman–Crippen LogP) is 4.85. The number of hydrogen-bond acceptors (Lipinski definition) is 3. The summed E-state index contributed by atoms with van der Waals surface area (Å²) in [7, 11) is 0. The summed E-state index contributed by atoms with van der Waals surface area (Å²) in [5.41, 5.74) is 2.13. The molecule has 2 amide bonds. The summed E-state index contributed by atoms with van der Waals surface area (Å²) in [5.74, 6) is 0.257. The van der Waals surface area contributed by atoms with Gasteiger partial charge < -0.3 is 15.4 Å². The van der Waals surface area contributed by atoms with Gasteiger partial charge in [-0.2, -0.15) is 0 Å². The zero-order valence-electron chi connectivity index (χ0n) is 17.2. The van der Waals surface area contributed by atoms with Crippen LogP contribution in [0.4, 0.5) is 5.69 Å². The number of hydrogen-bond donors (Lipinski definition) is 2. The molecule has 154 valence electrons. The second kappa shape index (κ2) is 10.1. The fraction of sp³-hybridized carbons (Fsp3) is 0.417.